The predicted octanol–water partition coefficient (Wildman–Crippen LogP) is 3.56. The summed E-state index contributed by atoms with van der Waals surface area (Å²) in [6.45, 7) is 0. The van der Waals surface area contributed by atoms with E-state index in [4.69, 9.17) is 0 Å². The molecule has 0 fully saturated rings. The average Bonchev–Trinajstić information content (AvgIpc) is 2.97. The standard InChI is InChI=1S/C18H17FNO4PS/c19-14-6-3-4-12(8-14)9-15(11-25(22,23)24)20-18(21)17-10-13-5-1-2-7-16(13)26-17/h1-8,10,15H,9,11H2,(H,20,21)(H2,22,23,24). The zero-order valence-corrected chi connectivity index (χ0v) is 15.3. The second-order valence-electron chi connectivity index (χ2n) is 6.00. The molecular weight excluding hydrogens is 376 g/mol. The minimum Gasteiger partial charge on any atom is -0.348 e. The van der Waals surface area contributed by atoms with Gasteiger partial charge in [0, 0.05) is 10.7 Å². The number of nitrogens with one attached hydrogen (secondary N) is 1. The second-order valence-corrected chi connectivity index (χ2v) is 8.78. The van der Waals surface area contributed by atoms with Gasteiger partial charge in [-0.2, -0.15) is 0 Å². The Morgan fingerprint density at radius 1 is 1.15 bits per heavy atom. The van der Waals surface area contributed by atoms with Gasteiger partial charge in [0.15, 0.2) is 0 Å². The maximum Gasteiger partial charge on any atom is 0.327 e. The van der Waals surface area contributed by atoms with Gasteiger partial charge in [0.1, 0.15) is 5.82 Å². The number of carbonyl (C=O) groups is 1. The summed E-state index contributed by atoms with van der Waals surface area (Å²) in [6.07, 6.45) is -0.389. The number of amides is 1. The van der Waals surface area contributed by atoms with Gasteiger partial charge < -0.3 is 15.1 Å². The molecule has 5 nitrogen and oxygen atoms in total. The molecule has 1 heterocycles. The molecule has 0 bridgehead atoms. The van der Waals surface area contributed by atoms with Crippen molar-refractivity contribution in [1.82, 2.24) is 5.32 Å². The normalized spacial score (nSPS) is 12.9. The third-order valence-electron chi connectivity index (χ3n) is 3.81. The SMILES string of the molecule is O=C(NC(Cc1cccc(F)c1)CP(=O)(O)O)c1cc2ccccc2s1. The van der Waals surface area contributed by atoms with Crippen LogP contribution in [0, 0.1) is 5.82 Å². The van der Waals surface area contributed by atoms with Gasteiger partial charge in [0.05, 0.1) is 11.0 Å². The van der Waals surface area contributed by atoms with Crippen LogP contribution in [-0.4, -0.2) is 27.9 Å². The summed E-state index contributed by atoms with van der Waals surface area (Å²) >= 11 is 1.31. The summed E-state index contributed by atoms with van der Waals surface area (Å²) in [4.78, 5) is 31.6. The van der Waals surface area contributed by atoms with Crippen LogP contribution in [0.2, 0.25) is 0 Å². The first kappa shape index (κ1) is 18.7. The molecule has 0 radical (unpaired) electrons. The van der Waals surface area contributed by atoms with Crippen molar-refractivity contribution >= 4 is 34.9 Å². The molecule has 0 saturated heterocycles. The molecule has 3 rings (SSSR count). The van der Waals surface area contributed by atoms with Gasteiger partial charge in [0.25, 0.3) is 5.91 Å². The van der Waals surface area contributed by atoms with E-state index in [9.17, 15) is 23.5 Å². The Morgan fingerprint density at radius 2 is 1.92 bits per heavy atom. The number of hydrogen-bond acceptors (Lipinski definition) is 3. The lowest BCUT2D eigenvalue weighted by molar-refractivity contribution is 0.0944. The van der Waals surface area contributed by atoms with E-state index in [1.54, 1.807) is 12.1 Å². The Morgan fingerprint density at radius 3 is 2.62 bits per heavy atom. The van der Waals surface area contributed by atoms with E-state index < -0.39 is 31.5 Å². The highest BCUT2D eigenvalue weighted by Gasteiger charge is 2.24. The van der Waals surface area contributed by atoms with E-state index in [1.807, 2.05) is 24.3 Å². The van der Waals surface area contributed by atoms with Crippen molar-refractivity contribution in [1.29, 1.82) is 0 Å². The molecule has 0 aliphatic heterocycles. The molecule has 1 aromatic heterocycles. The molecular formula is C18H17FNO4PS. The minimum absolute atomic E-state index is 0.125. The maximum atomic E-state index is 13.4. The van der Waals surface area contributed by atoms with Crippen LogP contribution in [0.5, 0.6) is 0 Å². The molecule has 8 heteroatoms. The van der Waals surface area contributed by atoms with Gasteiger partial charge in [-0.3, -0.25) is 9.36 Å². The average molecular weight is 393 g/mol. The Balaban J connectivity index is 1.79. The molecule has 0 saturated carbocycles. The topological polar surface area (TPSA) is 86.6 Å². The van der Waals surface area contributed by atoms with E-state index in [0.29, 0.717) is 10.4 Å². The van der Waals surface area contributed by atoms with Gasteiger partial charge in [-0.25, -0.2) is 4.39 Å². The largest absolute Gasteiger partial charge is 0.348 e. The van der Waals surface area contributed by atoms with Crippen LogP contribution < -0.4 is 5.32 Å². The lowest BCUT2D eigenvalue weighted by atomic mass is 10.1. The summed E-state index contributed by atoms with van der Waals surface area (Å²) in [6, 6.07) is 14.2. The van der Waals surface area contributed by atoms with Crippen LogP contribution in [0.4, 0.5) is 4.39 Å². The fourth-order valence-electron chi connectivity index (χ4n) is 2.75. The molecule has 3 aromatic rings. The molecule has 0 aliphatic carbocycles. The molecule has 1 atom stereocenters. The van der Waals surface area contributed by atoms with Crippen molar-refractivity contribution < 1.29 is 23.5 Å². The van der Waals surface area contributed by atoms with Crippen molar-refractivity contribution in [3.8, 4) is 0 Å². The van der Waals surface area contributed by atoms with Gasteiger partial charge in [0.2, 0.25) is 0 Å². The predicted molar refractivity (Wildman–Crippen MR) is 100 cm³/mol. The Kier molecular flexibility index (Phi) is 5.53. The van der Waals surface area contributed by atoms with Gasteiger partial charge in [-0.15, -0.1) is 11.3 Å². The highest BCUT2D eigenvalue weighted by atomic mass is 32.1. The first-order valence-corrected chi connectivity index (χ1v) is 10.5. The van der Waals surface area contributed by atoms with Crippen molar-refractivity contribution in [3.63, 3.8) is 0 Å². The number of halogens is 1. The van der Waals surface area contributed by atoms with Crippen molar-refractivity contribution in [2.45, 2.75) is 12.5 Å². The van der Waals surface area contributed by atoms with Crippen LogP contribution in [0.25, 0.3) is 10.1 Å². The number of carbonyl (C=O) groups excluding carboxylic acids is 1. The Bertz CT molecular complexity index is 951. The molecule has 0 aliphatic rings. The van der Waals surface area contributed by atoms with Crippen molar-refractivity contribution in [2.24, 2.45) is 0 Å². The minimum atomic E-state index is -4.35. The van der Waals surface area contributed by atoms with Crippen LogP contribution in [0.3, 0.4) is 0 Å². The maximum absolute atomic E-state index is 13.4. The molecule has 0 spiro atoms. The third-order valence-corrected chi connectivity index (χ3v) is 5.85. The summed E-state index contributed by atoms with van der Waals surface area (Å²) < 4.78 is 25.7. The lowest BCUT2D eigenvalue weighted by Crippen LogP contribution is -2.38. The van der Waals surface area contributed by atoms with Gasteiger partial charge in [-0.05, 0) is 41.6 Å². The zero-order chi connectivity index (χ0) is 18.7. The quantitative estimate of drug-likeness (QED) is 0.559. The van der Waals surface area contributed by atoms with E-state index in [2.05, 4.69) is 5.32 Å². The lowest BCUT2D eigenvalue weighted by Gasteiger charge is -2.19. The van der Waals surface area contributed by atoms with Crippen LogP contribution in [0.1, 0.15) is 15.2 Å². The third kappa shape index (κ3) is 4.99. The Hall–Kier alpha value is -2.05. The van der Waals surface area contributed by atoms with E-state index in [1.165, 1.54) is 29.5 Å². The smallest absolute Gasteiger partial charge is 0.327 e. The summed E-state index contributed by atoms with van der Waals surface area (Å²) in [7, 11) is -4.35. The summed E-state index contributed by atoms with van der Waals surface area (Å²) in [5, 5.41) is 3.61. The van der Waals surface area contributed by atoms with Crippen molar-refractivity contribution in [3.05, 3.63) is 70.9 Å². The summed E-state index contributed by atoms with van der Waals surface area (Å²) in [5.41, 5.74) is 0.556. The van der Waals surface area contributed by atoms with E-state index in [0.717, 1.165) is 10.1 Å². The van der Waals surface area contributed by atoms with E-state index >= 15 is 0 Å². The molecule has 2 aromatic carbocycles. The molecule has 3 N–H and O–H groups in total. The van der Waals surface area contributed by atoms with Gasteiger partial charge >= 0.3 is 7.60 Å². The molecule has 136 valence electrons. The Labute approximate surface area is 153 Å². The van der Waals surface area contributed by atoms with Crippen LogP contribution in [-0.2, 0) is 11.0 Å². The molecule has 1 amide bonds. The highest BCUT2D eigenvalue weighted by molar-refractivity contribution is 7.51. The number of fused-ring (bicyclic) bond motifs is 1. The highest BCUT2D eigenvalue weighted by Crippen LogP contribution is 2.36. The first-order chi connectivity index (χ1) is 12.3. The second kappa shape index (κ2) is 7.68. The van der Waals surface area contributed by atoms with Crippen LogP contribution >= 0.6 is 18.9 Å². The zero-order valence-electron chi connectivity index (χ0n) is 13.6. The summed E-state index contributed by atoms with van der Waals surface area (Å²) in [5.74, 6) is -0.839. The van der Waals surface area contributed by atoms with Crippen LogP contribution in [0.15, 0.2) is 54.6 Å². The fourth-order valence-corrected chi connectivity index (χ4v) is 4.51. The van der Waals surface area contributed by atoms with Crippen molar-refractivity contribution in [2.75, 3.05) is 6.16 Å². The first-order valence-electron chi connectivity index (χ1n) is 7.88. The fraction of sp³-hybridized carbons (Fsp3) is 0.167. The number of thiophene rings is 1. The molecule has 1 unspecified atom stereocenters. The monoisotopic (exact) mass is 393 g/mol. The number of hydrogen-bond donors (Lipinski definition) is 3. The number of rotatable bonds is 6. The number of benzene rings is 2. The molecule has 26 heavy (non-hydrogen) atoms. The van der Waals surface area contributed by atoms with E-state index in [-0.39, 0.29) is 6.42 Å². The van der Waals surface area contributed by atoms with Gasteiger partial charge in [-0.1, -0.05) is 30.3 Å².